The van der Waals surface area contributed by atoms with E-state index >= 15 is 0 Å². The molecule has 1 saturated heterocycles. The number of ether oxygens (including phenoxy) is 1. The summed E-state index contributed by atoms with van der Waals surface area (Å²) in [5.74, 6) is 1.99. The van der Waals surface area contributed by atoms with E-state index in [0.29, 0.717) is 23.6 Å². The van der Waals surface area contributed by atoms with E-state index in [1.165, 1.54) is 10.8 Å². The number of benzene rings is 1. The molecule has 1 fully saturated rings. The first kappa shape index (κ1) is 21.8. The van der Waals surface area contributed by atoms with Gasteiger partial charge in [0, 0.05) is 30.5 Å². The molecular weight excluding hydrogens is 404 g/mol. The van der Waals surface area contributed by atoms with Crippen molar-refractivity contribution in [1.82, 2.24) is 10.4 Å². The van der Waals surface area contributed by atoms with Crippen LogP contribution in [0.5, 0.6) is 5.75 Å². The number of hydrogen-bond acceptors (Lipinski definition) is 6. The molecule has 1 aromatic rings. The smallest absolute Gasteiger partial charge is 0.130 e. The van der Waals surface area contributed by atoms with Crippen LogP contribution in [0.1, 0.15) is 58.2 Å². The molecule has 0 aromatic heterocycles. The quantitative estimate of drug-likeness (QED) is 0.682. The number of nitrogens with zero attached hydrogens (tertiary/aromatic N) is 1. The van der Waals surface area contributed by atoms with E-state index in [0.717, 1.165) is 29.0 Å². The Labute approximate surface area is 182 Å². The van der Waals surface area contributed by atoms with Gasteiger partial charge in [0.25, 0.3) is 0 Å². The zero-order valence-corrected chi connectivity index (χ0v) is 19.9. The summed E-state index contributed by atoms with van der Waals surface area (Å²) in [6, 6.07) is 4.15. The van der Waals surface area contributed by atoms with Crippen LogP contribution in [0.3, 0.4) is 0 Å². The Hall–Kier alpha value is -0.440. The van der Waals surface area contributed by atoms with Gasteiger partial charge in [-0.15, -0.1) is 10.3 Å². The van der Waals surface area contributed by atoms with Crippen molar-refractivity contribution in [2.45, 2.75) is 76.5 Å². The fraction of sp³-hybridized carbons (Fsp3) is 0.727. The third-order valence-electron chi connectivity index (χ3n) is 6.83. The number of aliphatic hydroxyl groups is 1. The van der Waals surface area contributed by atoms with Crippen molar-refractivity contribution in [3.63, 3.8) is 0 Å². The minimum Gasteiger partial charge on any atom is -0.487 e. The van der Waals surface area contributed by atoms with Gasteiger partial charge in [-0.25, -0.2) is 0 Å². The SMILES string of the molecule is CC1(C)CSSC1CNCC(O)C1Cc2cc3c(cc2O1)C(C)(C)N([O])C3(C)C. The number of aliphatic hydroxyl groups excluding tert-OH is 1. The summed E-state index contributed by atoms with van der Waals surface area (Å²) in [4.78, 5) is 0. The maximum absolute atomic E-state index is 12.8. The van der Waals surface area contributed by atoms with E-state index in [1.807, 2.05) is 55.3 Å². The monoisotopic (exact) mass is 437 g/mol. The molecule has 0 bridgehead atoms. The van der Waals surface area contributed by atoms with Crippen LogP contribution in [0.4, 0.5) is 0 Å². The van der Waals surface area contributed by atoms with Crippen molar-refractivity contribution in [3.8, 4) is 5.75 Å². The molecule has 3 atom stereocenters. The molecule has 5 nitrogen and oxygen atoms in total. The van der Waals surface area contributed by atoms with Gasteiger partial charge in [0.15, 0.2) is 0 Å². The molecule has 3 unspecified atom stereocenters. The Morgan fingerprint density at radius 2 is 1.86 bits per heavy atom. The number of hydrogen-bond donors (Lipinski definition) is 2. The summed E-state index contributed by atoms with van der Waals surface area (Å²) >= 11 is 0. The molecule has 0 aliphatic carbocycles. The topological polar surface area (TPSA) is 64.6 Å². The van der Waals surface area contributed by atoms with E-state index in [4.69, 9.17) is 4.74 Å². The number of fused-ring (bicyclic) bond motifs is 2. The van der Waals surface area contributed by atoms with Crippen molar-refractivity contribution < 1.29 is 15.1 Å². The summed E-state index contributed by atoms with van der Waals surface area (Å²) in [5, 5.41) is 28.7. The first-order chi connectivity index (χ1) is 13.4. The van der Waals surface area contributed by atoms with Gasteiger partial charge >= 0.3 is 0 Å². The molecule has 0 saturated carbocycles. The van der Waals surface area contributed by atoms with E-state index in [-0.39, 0.29) is 6.10 Å². The third kappa shape index (κ3) is 3.62. The molecule has 1 aromatic carbocycles. The number of hydroxylamine groups is 2. The van der Waals surface area contributed by atoms with Crippen molar-refractivity contribution in [3.05, 3.63) is 28.8 Å². The molecule has 29 heavy (non-hydrogen) atoms. The van der Waals surface area contributed by atoms with Gasteiger partial charge in [-0.1, -0.05) is 35.4 Å². The Bertz CT molecular complexity index is 752. The Kier molecular flexibility index (Phi) is 5.49. The van der Waals surface area contributed by atoms with Crippen LogP contribution in [0, 0.1) is 5.41 Å². The summed E-state index contributed by atoms with van der Waals surface area (Å²) in [6.45, 7) is 13.9. The highest BCUT2D eigenvalue weighted by Crippen LogP contribution is 2.51. The molecule has 4 rings (SSSR count). The van der Waals surface area contributed by atoms with Gasteiger partial charge in [0.2, 0.25) is 0 Å². The summed E-state index contributed by atoms with van der Waals surface area (Å²) < 4.78 is 6.13. The molecule has 0 spiro atoms. The largest absolute Gasteiger partial charge is 0.487 e. The molecule has 161 valence electrons. The lowest BCUT2D eigenvalue weighted by molar-refractivity contribution is -0.266. The Balaban J connectivity index is 1.41. The maximum atomic E-state index is 12.8. The highest BCUT2D eigenvalue weighted by Gasteiger charge is 2.51. The van der Waals surface area contributed by atoms with E-state index in [9.17, 15) is 10.3 Å². The normalized spacial score (nSPS) is 30.1. The predicted molar refractivity (Wildman–Crippen MR) is 120 cm³/mol. The highest BCUT2D eigenvalue weighted by molar-refractivity contribution is 8.77. The molecule has 3 heterocycles. The fourth-order valence-electron chi connectivity index (χ4n) is 4.76. The predicted octanol–water partition coefficient (Wildman–Crippen LogP) is 3.86. The van der Waals surface area contributed by atoms with Gasteiger partial charge in [-0.2, -0.15) is 0 Å². The Morgan fingerprint density at radius 1 is 1.21 bits per heavy atom. The fourth-order valence-corrected chi connectivity index (χ4v) is 8.72. The first-order valence-corrected chi connectivity index (χ1v) is 12.8. The third-order valence-corrected chi connectivity index (χ3v) is 10.3. The van der Waals surface area contributed by atoms with Gasteiger partial charge in [0.1, 0.15) is 18.0 Å². The minimum atomic E-state index is -0.584. The highest BCUT2D eigenvalue weighted by atomic mass is 33.1. The van der Waals surface area contributed by atoms with Gasteiger partial charge in [-0.05, 0) is 61.9 Å². The average Bonchev–Trinajstić information content (AvgIpc) is 3.25. The summed E-state index contributed by atoms with van der Waals surface area (Å²) in [5.41, 5.74) is 2.38. The zero-order valence-electron chi connectivity index (χ0n) is 18.2. The first-order valence-electron chi connectivity index (χ1n) is 10.4. The lowest BCUT2D eigenvalue weighted by Gasteiger charge is -2.32. The molecule has 7 heteroatoms. The van der Waals surface area contributed by atoms with E-state index in [2.05, 4.69) is 25.2 Å². The maximum Gasteiger partial charge on any atom is 0.130 e. The van der Waals surface area contributed by atoms with Crippen LogP contribution in [0.25, 0.3) is 0 Å². The van der Waals surface area contributed by atoms with E-state index < -0.39 is 17.2 Å². The lowest BCUT2D eigenvalue weighted by Crippen LogP contribution is -2.42. The lowest BCUT2D eigenvalue weighted by atomic mass is 9.88. The van der Waals surface area contributed by atoms with Crippen LogP contribution in [0.2, 0.25) is 0 Å². The molecule has 0 amide bonds. The van der Waals surface area contributed by atoms with Crippen LogP contribution < -0.4 is 10.1 Å². The van der Waals surface area contributed by atoms with Gasteiger partial charge < -0.3 is 15.2 Å². The van der Waals surface area contributed by atoms with Crippen molar-refractivity contribution in [1.29, 1.82) is 0 Å². The summed E-state index contributed by atoms with van der Waals surface area (Å²) in [6.07, 6.45) is -0.120. The number of rotatable bonds is 5. The summed E-state index contributed by atoms with van der Waals surface area (Å²) in [7, 11) is 3.89. The molecule has 3 aliphatic rings. The standard InChI is InChI=1S/C22H33N2O3S2/c1-20(2)12-28-29-19(20)11-23-10-16(25)18-8-13-7-14-15(9-17(13)27-18)22(5,6)24(26)21(14,3)4/h7,9,16,18-19,23,25H,8,10-12H2,1-6H3. The minimum absolute atomic E-state index is 0.242. The van der Waals surface area contributed by atoms with Crippen LogP contribution >= 0.6 is 21.6 Å². The van der Waals surface area contributed by atoms with Gasteiger partial charge in [0.05, 0.1) is 11.1 Å². The van der Waals surface area contributed by atoms with Crippen molar-refractivity contribution in [2.75, 3.05) is 18.8 Å². The van der Waals surface area contributed by atoms with Crippen LogP contribution in [-0.4, -0.2) is 46.5 Å². The molecule has 1 radical (unpaired) electrons. The molecular formula is C22H33N2O3S2. The second-order valence-corrected chi connectivity index (χ2v) is 12.9. The number of nitrogens with one attached hydrogen (secondary N) is 1. The van der Waals surface area contributed by atoms with Crippen LogP contribution in [-0.2, 0) is 22.7 Å². The van der Waals surface area contributed by atoms with Gasteiger partial charge in [-0.3, -0.25) is 0 Å². The zero-order chi connectivity index (χ0) is 21.2. The average molecular weight is 438 g/mol. The second-order valence-electron chi connectivity index (χ2n) is 10.3. The Morgan fingerprint density at radius 3 is 2.48 bits per heavy atom. The molecule has 3 aliphatic heterocycles. The molecule has 2 N–H and O–H groups in total. The van der Waals surface area contributed by atoms with E-state index in [1.54, 1.807) is 0 Å². The van der Waals surface area contributed by atoms with Crippen LogP contribution in [0.15, 0.2) is 12.1 Å². The van der Waals surface area contributed by atoms with Crippen molar-refractivity contribution in [2.24, 2.45) is 5.41 Å². The second kappa shape index (κ2) is 7.31. The van der Waals surface area contributed by atoms with Crippen molar-refractivity contribution >= 4 is 21.6 Å².